The van der Waals surface area contributed by atoms with Crippen LogP contribution in [-0.4, -0.2) is 23.4 Å². The van der Waals surface area contributed by atoms with Crippen LogP contribution in [0.4, 0.5) is 13.2 Å². The van der Waals surface area contributed by atoms with Gasteiger partial charge >= 0.3 is 13.3 Å². The van der Waals surface area contributed by atoms with Crippen LogP contribution >= 0.6 is 11.6 Å². The average Bonchev–Trinajstić information content (AvgIpc) is 2.50. The van der Waals surface area contributed by atoms with E-state index in [-0.39, 0.29) is 5.46 Å². The van der Waals surface area contributed by atoms with Gasteiger partial charge in [-0.3, -0.25) is 0 Å². The number of hydrogen-bond acceptors (Lipinski definition) is 3. The summed E-state index contributed by atoms with van der Waals surface area (Å²) in [6, 6.07) is 1.93. The maximum atomic E-state index is 12.7. The van der Waals surface area contributed by atoms with E-state index in [0.717, 1.165) is 12.1 Å². The van der Waals surface area contributed by atoms with Crippen molar-refractivity contribution in [1.29, 1.82) is 0 Å². The highest BCUT2D eigenvalue weighted by molar-refractivity contribution is 6.63. The summed E-state index contributed by atoms with van der Waals surface area (Å²) in [5, 5.41) is 9.20. The van der Waals surface area contributed by atoms with E-state index in [1.54, 1.807) is 27.7 Å². The second-order valence-corrected chi connectivity index (χ2v) is 6.33. The molecule has 0 aromatic heterocycles. The van der Waals surface area contributed by atoms with Crippen LogP contribution in [0.3, 0.4) is 0 Å². The Morgan fingerprint density at radius 1 is 1.10 bits per heavy atom. The van der Waals surface area contributed by atoms with Gasteiger partial charge < -0.3 is 14.4 Å². The maximum Gasteiger partial charge on any atom is 0.498 e. The first-order valence-corrected chi connectivity index (χ1v) is 6.69. The molecular formula is C13H15BClF3O3. The lowest BCUT2D eigenvalue weighted by Crippen LogP contribution is -2.41. The summed E-state index contributed by atoms with van der Waals surface area (Å²) in [5.41, 5.74) is -2.35. The van der Waals surface area contributed by atoms with Crippen molar-refractivity contribution in [3.05, 3.63) is 22.7 Å². The first-order chi connectivity index (χ1) is 9.37. The quantitative estimate of drug-likeness (QED) is 0.806. The fourth-order valence-corrected chi connectivity index (χ4v) is 2.24. The molecule has 0 radical (unpaired) electrons. The molecule has 1 N–H and O–H groups in total. The molecule has 3 nitrogen and oxygen atoms in total. The van der Waals surface area contributed by atoms with Crippen molar-refractivity contribution < 1.29 is 27.6 Å². The lowest BCUT2D eigenvalue weighted by Gasteiger charge is -2.32. The fraction of sp³-hybridized carbons (Fsp3) is 0.538. The lowest BCUT2D eigenvalue weighted by molar-refractivity contribution is -0.137. The number of hydrogen-bond donors (Lipinski definition) is 1. The van der Waals surface area contributed by atoms with Gasteiger partial charge in [0.2, 0.25) is 0 Å². The zero-order chi connectivity index (χ0) is 16.2. The van der Waals surface area contributed by atoms with Crippen molar-refractivity contribution in [3.8, 4) is 5.75 Å². The van der Waals surface area contributed by atoms with Crippen LogP contribution in [0.5, 0.6) is 5.75 Å². The smallest absolute Gasteiger partial charge is 0.498 e. The summed E-state index contributed by atoms with van der Waals surface area (Å²) in [6.45, 7) is 7.21. The average molecular weight is 323 g/mol. The highest BCUT2D eigenvalue weighted by Gasteiger charge is 2.52. The first-order valence-electron chi connectivity index (χ1n) is 6.31. The van der Waals surface area contributed by atoms with Crippen molar-refractivity contribution in [2.45, 2.75) is 45.1 Å². The Morgan fingerprint density at radius 3 is 2.00 bits per heavy atom. The number of halogens is 4. The van der Waals surface area contributed by atoms with Crippen molar-refractivity contribution >= 4 is 24.2 Å². The molecule has 1 saturated heterocycles. The number of phenols is 1. The Kier molecular flexibility index (Phi) is 3.76. The Bertz CT molecular complexity index is 557. The van der Waals surface area contributed by atoms with Crippen molar-refractivity contribution in [1.82, 2.24) is 0 Å². The number of phenolic OH excluding ortho intramolecular Hbond substituents is 1. The summed E-state index contributed by atoms with van der Waals surface area (Å²) < 4.78 is 49.6. The van der Waals surface area contributed by atoms with E-state index < -0.39 is 40.8 Å². The van der Waals surface area contributed by atoms with Gasteiger partial charge in [0.25, 0.3) is 0 Å². The molecule has 116 valence electrons. The van der Waals surface area contributed by atoms with E-state index in [0.29, 0.717) is 0 Å². The van der Waals surface area contributed by atoms with Gasteiger partial charge in [-0.2, -0.15) is 13.2 Å². The molecule has 1 aromatic carbocycles. The Balaban J connectivity index is 2.43. The molecule has 0 bridgehead atoms. The van der Waals surface area contributed by atoms with Gasteiger partial charge in [-0.15, -0.1) is 0 Å². The topological polar surface area (TPSA) is 38.7 Å². The van der Waals surface area contributed by atoms with Gasteiger partial charge in [-0.25, -0.2) is 0 Å². The van der Waals surface area contributed by atoms with Crippen molar-refractivity contribution in [2.24, 2.45) is 0 Å². The van der Waals surface area contributed by atoms with Crippen LogP contribution in [0.25, 0.3) is 0 Å². The van der Waals surface area contributed by atoms with Crippen LogP contribution < -0.4 is 5.46 Å². The second-order valence-electron chi connectivity index (χ2n) is 5.95. The second kappa shape index (κ2) is 4.79. The number of alkyl halides is 3. The molecule has 0 amide bonds. The first kappa shape index (κ1) is 16.5. The van der Waals surface area contributed by atoms with Gasteiger partial charge in [0.1, 0.15) is 5.75 Å². The third-order valence-corrected chi connectivity index (χ3v) is 4.34. The number of benzene rings is 1. The Morgan fingerprint density at radius 2 is 1.57 bits per heavy atom. The van der Waals surface area contributed by atoms with Gasteiger partial charge in [-0.1, -0.05) is 17.7 Å². The minimum Gasteiger partial charge on any atom is -0.507 e. The predicted octanol–water partition coefficient (Wildman–Crippen LogP) is 3.36. The molecule has 1 aliphatic heterocycles. The molecule has 1 aliphatic rings. The van der Waals surface area contributed by atoms with Crippen molar-refractivity contribution in [3.63, 3.8) is 0 Å². The predicted molar refractivity (Wildman–Crippen MR) is 73.8 cm³/mol. The SMILES string of the molecule is CC1(C)OB(c2ccc(C(F)(F)F)c(Cl)c2O)OC1(C)C. The highest BCUT2D eigenvalue weighted by atomic mass is 35.5. The largest absolute Gasteiger partial charge is 0.507 e. The highest BCUT2D eigenvalue weighted by Crippen LogP contribution is 2.41. The third kappa shape index (κ3) is 2.74. The zero-order valence-corrected chi connectivity index (χ0v) is 12.8. The summed E-state index contributed by atoms with van der Waals surface area (Å²) in [5.74, 6) is -0.676. The molecule has 1 fully saturated rings. The van der Waals surface area contributed by atoms with Crippen LogP contribution in [0.15, 0.2) is 12.1 Å². The molecule has 2 rings (SSSR count). The third-order valence-electron chi connectivity index (χ3n) is 3.96. The molecule has 21 heavy (non-hydrogen) atoms. The van der Waals surface area contributed by atoms with E-state index in [1.165, 1.54) is 0 Å². The number of rotatable bonds is 1. The molecule has 0 saturated carbocycles. The van der Waals surface area contributed by atoms with Crippen LogP contribution in [-0.2, 0) is 15.5 Å². The molecule has 0 aliphatic carbocycles. The number of aromatic hydroxyl groups is 1. The molecule has 0 spiro atoms. The van der Waals surface area contributed by atoms with E-state index in [1.807, 2.05) is 0 Å². The van der Waals surface area contributed by atoms with Crippen LogP contribution in [0.2, 0.25) is 5.02 Å². The van der Waals surface area contributed by atoms with E-state index in [2.05, 4.69) is 0 Å². The molecule has 0 atom stereocenters. The minimum atomic E-state index is -4.64. The minimum absolute atomic E-state index is 0.0756. The van der Waals surface area contributed by atoms with Gasteiger partial charge in [0, 0.05) is 5.46 Å². The molecule has 1 aromatic rings. The van der Waals surface area contributed by atoms with E-state index >= 15 is 0 Å². The summed E-state index contributed by atoms with van der Waals surface area (Å²) in [7, 11) is -0.977. The van der Waals surface area contributed by atoms with Crippen LogP contribution in [0, 0.1) is 0 Å². The fourth-order valence-electron chi connectivity index (χ4n) is 1.96. The Hall–Kier alpha value is -0.915. The monoisotopic (exact) mass is 322 g/mol. The van der Waals surface area contributed by atoms with Gasteiger partial charge in [-0.05, 0) is 33.8 Å². The molecular weight excluding hydrogens is 307 g/mol. The van der Waals surface area contributed by atoms with E-state index in [4.69, 9.17) is 20.9 Å². The molecule has 8 heteroatoms. The standard InChI is InChI=1S/C13H15BClF3O3/c1-11(2)12(3,4)21-14(20-11)8-6-5-7(13(16,17)18)9(15)10(8)19/h5-6,19H,1-4H3. The van der Waals surface area contributed by atoms with E-state index in [9.17, 15) is 18.3 Å². The lowest BCUT2D eigenvalue weighted by atomic mass is 9.78. The molecule has 1 heterocycles. The van der Waals surface area contributed by atoms with Gasteiger partial charge in [0.15, 0.2) is 0 Å². The van der Waals surface area contributed by atoms with Crippen molar-refractivity contribution in [2.75, 3.05) is 0 Å². The Labute approximate surface area is 126 Å². The summed E-state index contributed by atoms with van der Waals surface area (Å²) in [4.78, 5) is 0. The summed E-state index contributed by atoms with van der Waals surface area (Å²) >= 11 is 5.62. The molecule has 0 unspecified atom stereocenters. The maximum absolute atomic E-state index is 12.7. The van der Waals surface area contributed by atoms with Crippen LogP contribution in [0.1, 0.15) is 33.3 Å². The zero-order valence-electron chi connectivity index (χ0n) is 12.0. The normalized spacial score (nSPS) is 20.9. The summed E-state index contributed by atoms with van der Waals surface area (Å²) in [6.07, 6.45) is -4.64. The van der Waals surface area contributed by atoms with Gasteiger partial charge in [0.05, 0.1) is 21.8 Å².